The Bertz CT molecular complexity index is 62.9. The summed E-state index contributed by atoms with van der Waals surface area (Å²) in [5, 5.41) is 0. The lowest BCUT2D eigenvalue weighted by Gasteiger charge is -2.10. The van der Waals surface area contributed by atoms with E-state index in [4.69, 9.17) is 4.74 Å². The number of methoxy groups -OCH3 is 1. The van der Waals surface area contributed by atoms with Crippen LogP contribution in [0.1, 0.15) is 6.92 Å². The summed E-state index contributed by atoms with van der Waals surface area (Å²) in [4.78, 5) is 2.92. The number of nitrogens with one attached hydrogen (secondary N) is 2. The summed E-state index contributed by atoms with van der Waals surface area (Å²) in [6.07, 6.45) is 1.96. The zero-order valence-electron chi connectivity index (χ0n) is 6.10. The second-order valence-electron chi connectivity index (χ2n) is 1.81. The first-order valence-electron chi connectivity index (χ1n) is 2.83. The van der Waals surface area contributed by atoms with Crippen LogP contribution < -0.4 is 10.3 Å². The second-order valence-corrected chi connectivity index (χ2v) is 2.42. The third-order valence-corrected chi connectivity index (χ3v) is 1.15. The molecular weight excluding hydrogens is 136 g/mol. The molecular formula is C5H14N2OS. The zero-order chi connectivity index (χ0) is 7.11. The maximum atomic E-state index is 4.89. The molecule has 0 rings (SSSR count). The molecule has 0 aliphatic heterocycles. The fourth-order valence-corrected chi connectivity index (χ4v) is 0.770. The lowest BCUT2D eigenvalue weighted by Crippen LogP contribution is -2.37. The van der Waals surface area contributed by atoms with Crippen molar-refractivity contribution in [1.29, 1.82) is 0 Å². The highest BCUT2D eigenvalue weighted by molar-refractivity contribution is 7.96. The summed E-state index contributed by atoms with van der Waals surface area (Å²) < 4.78 is 4.89. The highest BCUT2D eigenvalue weighted by Gasteiger charge is 1.95. The predicted octanol–water partition coefficient (Wildman–Crippen LogP) is 0.394. The summed E-state index contributed by atoms with van der Waals surface area (Å²) >= 11 is 1.54. The number of hydrogen-bond acceptors (Lipinski definition) is 4. The molecule has 0 aromatic carbocycles. The smallest absolute Gasteiger partial charge is 0.0627 e. The van der Waals surface area contributed by atoms with Gasteiger partial charge in [-0.05, 0) is 13.2 Å². The first-order valence-corrected chi connectivity index (χ1v) is 4.06. The lowest BCUT2D eigenvalue weighted by atomic mass is 10.4. The summed E-state index contributed by atoms with van der Waals surface area (Å²) in [6, 6.07) is 0.363. The van der Waals surface area contributed by atoms with Gasteiger partial charge in [0, 0.05) is 13.2 Å². The van der Waals surface area contributed by atoms with E-state index in [2.05, 4.69) is 10.3 Å². The fraction of sp³-hybridized carbons (Fsp3) is 1.00. The first-order chi connectivity index (χ1) is 4.31. The average molecular weight is 150 g/mol. The van der Waals surface area contributed by atoms with E-state index in [-0.39, 0.29) is 0 Å². The van der Waals surface area contributed by atoms with Gasteiger partial charge in [0.15, 0.2) is 0 Å². The molecule has 56 valence electrons. The minimum atomic E-state index is 0.363. The molecule has 0 saturated heterocycles. The van der Waals surface area contributed by atoms with Crippen molar-refractivity contribution in [3.8, 4) is 0 Å². The lowest BCUT2D eigenvalue weighted by molar-refractivity contribution is 0.170. The molecule has 0 bridgehead atoms. The third kappa shape index (κ3) is 6.11. The number of ether oxygens (including phenoxy) is 1. The van der Waals surface area contributed by atoms with E-state index in [0.29, 0.717) is 6.04 Å². The van der Waals surface area contributed by atoms with Gasteiger partial charge >= 0.3 is 0 Å². The van der Waals surface area contributed by atoms with Crippen molar-refractivity contribution in [1.82, 2.24) is 10.3 Å². The van der Waals surface area contributed by atoms with Gasteiger partial charge in [-0.2, -0.15) is 0 Å². The minimum Gasteiger partial charge on any atom is -0.383 e. The molecule has 0 saturated carbocycles. The van der Waals surface area contributed by atoms with Gasteiger partial charge in [0.25, 0.3) is 0 Å². The summed E-state index contributed by atoms with van der Waals surface area (Å²) in [6.45, 7) is 2.78. The van der Waals surface area contributed by atoms with E-state index in [1.54, 1.807) is 7.11 Å². The van der Waals surface area contributed by atoms with E-state index in [1.807, 2.05) is 13.2 Å². The molecule has 9 heavy (non-hydrogen) atoms. The summed E-state index contributed by atoms with van der Waals surface area (Å²) in [7, 11) is 1.69. The van der Waals surface area contributed by atoms with Crippen LogP contribution in [0.4, 0.5) is 0 Å². The average Bonchev–Trinajstić information content (AvgIpc) is 1.85. The van der Waals surface area contributed by atoms with Crippen LogP contribution in [-0.4, -0.2) is 26.0 Å². The third-order valence-electron chi connectivity index (χ3n) is 0.824. The molecule has 0 aliphatic rings. The van der Waals surface area contributed by atoms with Crippen LogP contribution >= 0.6 is 11.9 Å². The molecule has 0 aromatic heterocycles. The van der Waals surface area contributed by atoms with Gasteiger partial charge in [-0.3, -0.25) is 0 Å². The van der Waals surface area contributed by atoms with Gasteiger partial charge in [-0.25, -0.2) is 10.3 Å². The maximum Gasteiger partial charge on any atom is 0.0627 e. The van der Waals surface area contributed by atoms with Gasteiger partial charge in [0.05, 0.1) is 6.61 Å². The molecule has 0 heterocycles. The van der Waals surface area contributed by atoms with Gasteiger partial charge in [-0.15, -0.1) is 0 Å². The van der Waals surface area contributed by atoms with Gasteiger partial charge in [0.1, 0.15) is 0 Å². The van der Waals surface area contributed by atoms with Gasteiger partial charge in [0.2, 0.25) is 0 Å². The second kappa shape index (κ2) is 6.35. The monoisotopic (exact) mass is 150 g/mol. The molecule has 0 fully saturated rings. The molecule has 1 atom stereocenters. The van der Waals surface area contributed by atoms with Gasteiger partial charge < -0.3 is 4.74 Å². The van der Waals surface area contributed by atoms with E-state index in [0.717, 1.165) is 6.61 Å². The van der Waals surface area contributed by atoms with Crippen molar-refractivity contribution in [2.24, 2.45) is 0 Å². The summed E-state index contributed by atoms with van der Waals surface area (Å²) in [5.74, 6) is 0. The molecule has 0 radical (unpaired) electrons. The Morgan fingerprint density at radius 1 is 1.67 bits per heavy atom. The highest BCUT2D eigenvalue weighted by atomic mass is 32.2. The van der Waals surface area contributed by atoms with E-state index < -0.39 is 0 Å². The van der Waals surface area contributed by atoms with Crippen molar-refractivity contribution in [2.45, 2.75) is 13.0 Å². The molecule has 0 aliphatic carbocycles. The Balaban J connectivity index is 2.95. The fourth-order valence-electron chi connectivity index (χ4n) is 0.451. The van der Waals surface area contributed by atoms with Crippen LogP contribution in [-0.2, 0) is 4.74 Å². The topological polar surface area (TPSA) is 33.3 Å². The van der Waals surface area contributed by atoms with Crippen LogP contribution in [0.5, 0.6) is 0 Å². The van der Waals surface area contributed by atoms with Crippen LogP contribution in [0, 0.1) is 0 Å². The van der Waals surface area contributed by atoms with Crippen LogP contribution in [0.15, 0.2) is 0 Å². The van der Waals surface area contributed by atoms with Crippen molar-refractivity contribution in [3.63, 3.8) is 0 Å². The molecule has 3 nitrogen and oxygen atoms in total. The Labute approximate surface area is 60.6 Å². The molecule has 4 heteroatoms. The summed E-state index contributed by atoms with van der Waals surface area (Å²) in [5.41, 5.74) is 3.02. The van der Waals surface area contributed by atoms with E-state index >= 15 is 0 Å². The molecule has 2 N–H and O–H groups in total. The van der Waals surface area contributed by atoms with Crippen LogP contribution in [0.25, 0.3) is 0 Å². The minimum absolute atomic E-state index is 0.363. The van der Waals surface area contributed by atoms with Crippen LogP contribution in [0.2, 0.25) is 0 Å². The first kappa shape index (κ1) is 9.23. The Hall–Kier alpha value is 0.230. The maximum absolute atomic E-state index is 4.89. The van der Waals surface area contributed by atoms with Crippen LogP contribution in [0.3, 0.4) is 0 Å². The van der Waals surface area contributed by atoms with Crippen molar-refractivity contribution in [3.05, 3.63) is 0 Å². The van der Waals surface area contributed by atoms with Crippen molar-refractivity contribution < 1.29 is 4.74 Å². The zero-order valence-corrected chi connectivity index (χ0v) is 6.92. The molecule has 0 amide bonds. The number of rotatable bonds is 5. The molecule has 0 spiro atoms. The molecule has 1 unspecified atom stereocenters. The van der Waals surface area contributed by atoms with E-state index in [1.165, 1.54) is 11.9 Å². The highest BCUT2D eigenvalue weighted by Crippen LogP contribution is 1.82. The Kier molecular flexibility index (Phi) is 6.51. The SMILES string of the molecule is COCC(C)NNSC. The number of hydrazine groups is 1. The largest absolute Gasteiger partial charge is 0.383 e. The Morgan fingerprint density at radius 3 is 2.78 bits per heavy atom. The van der Waals surface area contributed by atoms with E-state index in [9.17, 15) is 0 Å². The van der Waals surface area contributed by atoms with Crippen molar-refractivity contribution >= 4 is 11.9 Å². The standard InChI is InChI=1S/C5H14N2OS/c1-5(4-8-2)6-7-9-3/h5-7H,4H2,1-3H3. The predicted molar refractivity (Wildman–Crippen MR) is 41.1 cm³/mol. The molecule has 0 aromatic rings. The van der Waals surface area contributed by atoms with Crippen molar-refractivity contribution in [2.75, 3.05) is 20.0 Å². The quantitative estimate of drug-likeness (QED) is 0.439. The number of hydrogen-bond donors (Lipinski definition) is 2. The van der Waals surface area contributed by atoms with Gasteiger partial charge in [-0.1, -0.05) is 11.9 Å². The Morgan fingerprint density at radius 2 is 2.33 bits per heavy atom. The normalized spacial score (nSPS) is 13.7.